The highest BCUT2D eigenvalue weighted by Crippen LogP contribution is 2.32. The molecule has 0 amide bonds. The number of hydrogen-bond acceptors (Lipinski definition) is 2. The Balaban J connectivity index is 2.51. The summed E-state index contributed by atoms with van der Waals surface area (Å²) >= 11 is 0. The zero-order valence-electron chi connectivity index (χ0n) is 10.1. The van der Waals surface area contributed by atoms with E-state index in [1.54, 1.807) is 25.1 Å². The van der Waals surface area contributed by atoms with E-state index in [-0.39, 0.29) is 5.56 Å². The van der Waals surface area contributed by atoms with Gasteiger partial charge in [0.25, 0.3) is 0 Å². The number of benzene rings is 1. The molecule has 1 N–H and O–H groups in total. The van der Waals surface area contributed by atoms with Gasteiger partial charge in [-0.2, -0.15) is 0 Å². The Hall–Kier alpha value is -1.61. The molecule has 2 aromatic rings. The van der Waals surface area contributed by atoms with Crippen LogP contribution in [0, 0.1) is 26.6 Å². The molecule has 1 atom stereocenters. The van der Waals surface area contributed by atoms with Gasteiger partial charge in [-0.15, -0.1) is 0 Å². The third-order valence-electron chi connectivity index (χ3n) is 3.09. The molecule has 0 saturated heterocycles. The Morgan fingerprint density at radius 1 is 1.12 bits per heavy atom. The van der Waals surface area contributed by atoms with Crippen LogP contribution in [0.1, 0.15) is 34.3 Å². The Kier molecular flexibility index (Phi) is 3.03. The highest BCUT2D eigenvalue weighted by molar-refractivity contribution is 5.39. The van der Waals surface area contributed by atoms with Crippen molar-refractivity contribution < 1.29 is 13.9 Å². The van der Waals surface area contributed by atoms with Gasteiger partial charge in [-0.25, -0.2) is 4.39 Å². The molecule has 3 heteroatoms. The molecule has 2 nitrogen and oxygen atoms in total. The molecule has 1 unspecified atom stereocenters. The van der Waals surface area contributed by atoms with Crippen LogP contribution in [0.25, 0.3) is 0 Å². The lowest BCUT2D eigenvalue weighted by atomic mass is 9.98. The fourth-order valence-electron chi connectivity index (χ4n) is 2.06. The molecule has 0 saturated carbocycles. The predicted molar refractivity (Wildman–Crippen MR) is 63.4 cm³/mol. The summed E-state index contributed by atoms with van der Waals surface area (Å²) < 4.78 is 19.1. The van der Waals surface area contributed by atoms with Crippen LogP contribution in [0.2, 0.25) is 0 Å². The highest BCUT2D eigenvalue weighted by atomic mass is 19.1. The van der Waals surface area contributed by atoms with Crippen LogP contribution < -0.4 is 0 Å². The lowest BCUT2D eigenvalue weighted by molar-refractivity contribution is 0.212. The maximum Gasteiger partial charge on any atom is 0.129 e. The molecule has 0 spiro atoms. The van der Waals surface area contributed by atoms with E-state index in [0.717, 1.165) is 11.3 Å². The van der Waals surface area contributed by atoms with Crippen molar-refractivity contribution in [2.45, 2.75) is 26.9 Å². The topological polar surface area (TPSA) is 33.4 Å². The van der Waals surface area contributed by atoms with Crippen LogP contribution in [-0.2, 0) is 0 Å². The van der Waals surface area contributed by atoms with E-state index in [2.05, 4.69) is 0 Å². The van der Waals surface area contributed by atoms with Gasteiger partial charge in [-0.1, -0.05) is 18.2 Å². The van der Waals surface area contributed by atoms with E-state index in [4.69, 9.17) is 4.42 Å². The fraction of sp³-hybridized carbons (Fsp3) is 0.286. The quantitative estimate of drug-likeness (QED) is 0.863. The molecule has 0 aliphatic heterocycles. The van der Waals surface area contributed by atoms with E-state index in [0.29, 0.717) is 11.3 Å². The van der Waals surface area contributed by atoms with Crippen LogP contribution in [0.5, 0.6) is 0 Å². The van der Waals surface area contributed by atoms with Gasteiger partial charge >= 0.3 is 0 Å². The van der Waals surface area contributed by atoms with Gasteiger partial charge in [-0.3, -0.25) is 0 Å². The molecule has 2 rings (SSSR count). The van der Waals surface area contributed by atoms with Crippen molar-refractivity contribution in [3.05, 3.63) is 58.3 Å². The third kappa shape index (κ3) is 1.98. The molecule has 1 aromatic carbocycles. The van der Waals surface area contributed by atoms with E-state index in [1.165, 1.54) is 6.07 Å². The molecule has 0 aliphatic carbocycles. The van der Waals surface area contributed by atoms with E-state index < -0.39 is 11.9 Å². The second kappa shape index (κ2) is 4.34. The number of furan rings is 1. The van der Waals surface area contributed by atoms with Gasteiger partial charge < -0.3 is 9.52 Å². The van der Waals surface area contributed by atoms with Gasteiger partial charge in [0.05, 0.1) is 0 Å². The van der Waals surface area contributed by atoms with Gasteiger partial charge in [0.1, 0.15) is 23.4 Å². The standard InChI is InChI=1S/C14H15FO2/c1-8-9(2)17-10(3)13(8)14(16)11-6-4-5-7-12(11)15/h4-7,14,16H,1-3H3. The maximum absolute atomic E-state index is 13.6. The van der Waals surface area contributed by atoms with E-state index >= 15 is 0 Å². The minimum atomic E-state index is -0.978. The number of aryl methyl sites for hydroxylation is 2. The van der Waals surface area contributed by atoms with Crippen LogP contribution in [0.3, 0.4) is 0 Å². The minimum Gasteiger partial charge on any atom is -0.466 e. The summed E-state index contributed by atoms with van der Waals surface area (Å²) in [5.41, 5.74) is 1.81. The zero-order chi connectivity index (χ0) is 12.6. The van der Waals surface area contributed by atoms with Gasteiger partial charge in [-0.05, 0) is 32.4 Å². The van der Waals surface area contributed by atoms with Crippen LogP contribution in [-0.4, -0.2) is 5.11 Å². The summed E-state index contributed by atoms with van der Waals surface area (Å²) in [5.74, 6) is 0.987. The largest absolute Gasteiger partial charge is 0.466 e. The summed E-state index contributed by atoms with van der Waals surface area (Å²) in [6.45, 7) is 5.48. The predicted octanol–water partition coefficient (Wildman–Crippen LogP) is 3.43. The summed E-state index contributed by atoms with van der Waals surface area (Å²) in [6.07, 6.45) is -0.978. The highest BCUT2D eigenvalue weighted by Gasteiger charge is 2.22. The molecule has 0 bridgehead atoms. The van der Waals surface area contributed by atoms with Crippen LogP contribution in [0.15, 0.2) is 28.7 Å². The van der Waals surface area contributed by atoms with Crippen molar-refractivity contribution in [3.63, 3.8) is 0 Å². The molecule has 0 radical (unpaired) electrons. The number of aliphatic hydroxyl groups excluding tert-OH is 1. The smallest absolute Gasteiger partial charge is 0.129 e. The Labute approximate surface area is 99.7 Å². The number of hydrogen-bond donors (Lipinski definition) is 1. The first-order valence-corrected chi connectivity index (χ1v) is 5.51. The van der Waals surface area contributed by atoms with Gasteiger partial charge in [0, 0.05) is 11.1 Å². The number of aliphatic hydroxyl groups is 1. The Bertz CT molecular complexity index is 543. The van der Waals surface area contributed by atoms with Crippen molar-refractivity contribution in [3.8, 4) is 0 Å². The summed E-state index contributed by atoms with van der Waals surface area (Å²) in [6, 6.07) is 6.24. The lowest BCUT2D eigenvalue weighted by Gasteiger charge is -2.12. The zero-order valence-corrected chi connectivity index (χ0v) is 10.1. The molecule has 0 aliphatic rings. The van der Waals surface area contributed by atoms with Crippen molar-refractivity contribution >= 4 is 0 Å². The Morgan fingerprint density at radius 3 is 2.29 bits per heavy atom. The summed E-state index contributed by atoms with van der Waals surface area (Å²) in [5, 5.41) is 10.2. The summed E-state index contributed by atoms with van der Waals surface area (Å²) in [4.78, 5) is 0. The number of rotatable bonds is 2. The van der Waals surface area contributed by atoms with Crippen molar-refractivity contribution in [2.24, 2.45) is 0 Å². The molecule has 0 fully saturated rings. The first kappa shape index (κ1) is 11.9. The average Bonchev–Trinajstić information content (AvgIpc) is 2.53. The molecular weight excluding hydrogens is 219 g/mol. The van der Waals surface area contributed by atoms with Crippen LogP contribution >= 0.6 is 0 Å². The minimum absolute atomic E-state index is 0.277. The van der Waals surface area contributed by atoms with Crippen molar-refractivity contribution in [1.29, 1.82) is 0 Å². The second-order valence-electron chi connectivity index (χ2n) is 4.18. The molecule has 1 aromatic heterocycles. The monoisotopic (exact) mass is 234 g/mol. The first-order chi connectivity index (χ1) is 8.02. The van der Waals surface area contributed by atoms with E-state index in [9.17, 15) is 9.50 Å². The molecule has 90 valence electrons. The van der Waals surface area contributed by atoms with Gasteiger partial charge in [0.2, 0.25) is 0 Å². The van der Waals surface area contributed by atoms with Crippen LogP contribution in [0.4, 0.5) is 4.39 Å². The third-order valence-corrected chi connectivity index (χ3v) is 3.09. The summed E-state index contributed by atoms with van der Waals surface area (Å²) in [7, 11) is 0. The molecule has 1 heterocycles. The first-order valence-electron chi connectivity index (χ1n) is 5.51. The van der Waals surface area contributed by atoms with E-state index in [1.807, 2.05) is 13.8 Å². The lowest BCUT2D eigenvalue weighted by Crippen LogP contribution is -2.04. The second-order valence-corrected chi connectivity index (χ2v) is 4.18. The fourth-order valence-corrected chi connectivity index (χ4v) is 2.06. The average molecular weight is 234 g/mol. The van der Waals surface area contributed by atoms with Gasteiger partial charge in [0.15, 0.2) is 0 Å². The number of halogens is 1. The Morgan fingerprint density at radius 2 is 1.76 bits per heavy atom. The van der Waals surface area contributed by atoms with Crippen molar-refractivity contribution in [2.75, 3.05) is 0 Å². The SMILES string of the molecule is Cc1oc(C)c(C(O)c2ccccc2F)c1C. The normalized spacial score (nSPS) is 12.8. The molecular formula is C14H15FO2. The maximum atomic E-state index is 13.6. The van der Waals surface area contributed by atoms with Crippen molar-refractivity contribution in [1.82, 2.24) is 0 Å². The molecule has 17 heavy (non-hydrogen) atoms.